The van der Waals surface area contributed by atoms with Crippen LogP contribution in [0.2, 0.25) is 0 Å². The molecule has 0 radical (unpaired) electrons. The molecule has 0 aromatic heterocycles. The smallest absolute Gasteiger partial charge is 0.0655 e. The van der Waals surface area contributed by atoms with Crippen LogP contribution in [0.5, 0.6) is 0 Å². The van der Waals surface area contributed by atoms with Gasteiger partial charge in [-0.3, -0.25) is 0 Å². The van der Waals surface area contributed by atoms with E-state index in [0.29, 0.717) is 6.04 Å². The van der Waals surface area contributed by atoms with Gasteiger partial charge in [-0.15, -0.1) is 0 Å². The zero-order valence-corrected chi connectivity index (χ0v) is 17.4. The van der Waals surface area contributed by atoms with E-state index >= 15 is 0 Å². The van der Waals surface area contributed by atoms with E-state index in [-0.39, 0.29) is 0 Å². The van der Waals surface area contributed by atoms with Crippen LogP contribution in [0.3, 0.4) is 0 Å². The maximum Gasteiger partial charge on any atom is 0.0655 e. The first-order chi connectivity index (χ1) is 8.52. The summed E-state index contributed by atoms with van der Waals surface area (Å²) in [6, 6.07) is 0.575. The van der Waals surface area contributed by atoms with E-state index in [0.717, 1.165) is 28.1 Å². The van der Waals surface area contributed by atoms with E-state index in [1.165, 1.54) is 32.1 Å². The lowest BCUT2D eigenvalue weighted by Crippen LogP contribution is -2.22. The molecule has 100 valence electrons. The van der Waals surface area contributed by atoms with E-state index in [9.17, 15) is 0 Å². The van der Waals surface area contributed by atoms with Crippen LogP contribution < -0.4 is 5.32 Å². The number of hydrogen-bond acceptors (Lipinski definition) is 1. The number of hydrogen-bond donors (Lipinski definition) is 1. The van der Waals surface area contributed by atoms with Crippen molar-refractivity contribution in [3.05, 3.63) is 22.4 Å². The Hall–Kier alpha value is 1.42. The second kappa shape index (κ2) is 6.92. The second-order valence-electron chi connectivity index (χ2n) is 4.42. The predicted molar refractivity (Wildman–Crippen MR) is 95.4 cm³/mol. The summed E-state index contributed by atoms with van der Waals surface area (Å²) in [5.41, 5.74) is 1.11. The van der Waals surface area contributed by atoms with Crippen molar-refractivity contribution in [2.75, 3.05) is 5.32 Å². The highest BCUT2D eigenvalue weighted by Gasteiger charge is 2.21. The van der Waals surface area contributed by atoms with Crippen LogP contribution >= 0.6 is 79.6 Å². The van der Waals surface area contributed by atoms with Crippen molar-refractivity contribution in [2.45, 2.75) is 38.1 Å². The third-order valence-corrected chi connectivity index (χ3v) is 9.26. The normalized spacial score (nSPS) is 16.9. The minimum Gasteiger partial charge on any atom is -0.380 e. The molecule has 0 amide bonds. The van der Waals surface area contributed by atoms with Crippen molar-refractivity contribution in [2.24, 2.45) is 0 Å². The minimum absolute atomic E-state index is 0.575. The summed E-state index contributed by atoms with van der Waals surface area (Å²) in [4.78, 5) is 0. The molecule has 1 fully saturated rings. The van der Waals surface area contributed by atoms with Crippen molar-refractivity contribution in [1.29, 1.82) is 0 Å². The summed E-state index contributed by atoms with van der Waals surface area (Å²) in [5, 5.41) is 3.65. The van der Waals surface area contributed by atoms with E-state index in [1.54, 1.807) is 0 Å². The van der Waals surface area contributed by atoms with Gasteiger partial charge in [0.1, 0.15) is 0 Å². The molecule has 1 aromatic rings. The zero-order chi connectivity index (χ0) is 13.3. The molecule has 1 saturated carbocycles. The Labute approximate surface area is 150 Å². The number of nitrogens with one attached hydrogen (secondary N) is 1. The molecule has 0 atom stereocenters. The summed E-state index contributed by atoms with van der Waals surface area (Å²) in [7, 11) is 0. The Kier molecular flexibility index (Phi) is 6.08. The first kappa shape index (κ1) is 15.8. The molecule has 1 N–H and O–H groups in total. The minimum atomic E-state index is 0.575. The molecule has 6 heteroatoms. The standard InChI is InChI=1S/C12H12Br5N/c13-7-8(14)10(16)12(11(17)9(7)15)18-6-4-2-1-3-5-6/h6,18H,1-5H2. The lowest BCUT2D eigenvalue weighted by molar-refractivity contribution is 0.462. The topological polar surface area (TPSA) is 12.0 Å². The average molecular weight is 570 g/mol. The van der Waals surface area contributed by atoms with Crippen molar-refractivity contribution in [3.8, 4) is 0 Å². The van der Waals surface area contributed by atoms with Crippen LogP contribution in [-0.4, -0.2) is 6.04 Å². The molecular weight excluding hydrogens is 558 g/mol. The third-order valence-electron chi connectivity index (χ3n) is 3.16. The molecule has 2 rings (SSSR count). The summed E-state index contributed by atoms with van der Waals surface area (Å²) in [6.45, 7) is 0. The van der Waals surface area contributed by atoms with Gasteiger partial charge in [-0.25, -0.2) is 0 Å². The highest BCUT2D eigenvalue weighted by atomic mass is 79.9. The molecule has 0 bridgehead atoms. The molecule has 0 unspecified atom stereocenters. The average Bonchev–Trinajstić information content (AvgIpc) is 2.40. The fourth-order valence-corrected chi connectivity index (χ4v) is 5.46. The van der Waals surface area contributed by atoms with Gasteiger partial charge in [0.15, 0.2) is 0 Å². The van der Waals surface area contributed by atoms with Gasteiger partial charge in [0.05, 0.1) is 14.6 Å². The van der Waals surface area contributed by atoms with Crippen molar-refractivity contribution in [3.63, 3.8) is 0 Å². The fraction of sp³-hybridized carbons (Fsp3) is 0.500. The first-order valence-electron chi connectivity index (χ1n) is 5.80. The van der Waals surface area contributed by atoms with Crippen LogP contribution in [0.15, 0.2) is 22.4 Å². The van der Waals surface area contributed by atoms with Gasteiger partial charge in [-0.2, -0.15) is 0 Å². The van der Waals surface area contributed by atoms with Gasteiger partial charge in [-0.1, -0.05) is 19.3 Å². The molecule has 1 aromatic carbocycles. The molecule has 1 aliphatic rings. The van der Waals surface area contributed by atoms with Crippen molar-refractivity contribution in [1.82, 2.24) is 0 Å². The summed E-state index contributed by atoms with van der Waals surface area (Å²) >= 11 is 18.1. The maximum absolute atomic E-state index is 3.65. The largest absolute Gasteiger partial charge is 0.380 e. The van der Waals surface area contributed by atoms with Gasteiger partial charge < -0.3 is 5.32 Å². The molecule has 1 nitrogen and oxygen atoms in total. The first-order valence-corrected chi connectivity index (χ1v) is 9.77. The van der Waals surface area contributed by atoms with Crippen LogP contribution in [0.1, 0.15) is 32.1 Å². The van der Waals surface area contributed by atoms with Crippen molar-refractivity contribution < 1.29 is 0 Å². The Morgan fingerprint density at radius 3 is 1.61 bits per heavy atom. The molecule has 0 spiro atoms. The molecule has 0 saturated heterocycles. The molecular formula is C12H12Br5N. The van der Waals surface area contributed by atoms with Crippen LogP contribution in [0, 0.1) is 0 Å². The van der Waals surface area contributed by atoms with Gasteiger partial charge in [-0.05, 0) is 92.5 Å². The van der Waals surface area contributed by atoms with Gasteiger partial charge >= 0.3 is 0 Å². The monoisotopic (exact) mass is 565 g/mol. The summed E-state index contributed by atoms with van der Waals surface area (Å²) in [5.74, 6) is 0. The number of benzene rings is 1. The fourth-order valence-electron chi connectivity index (χ4n) is 2.18. The maximum atomic E-state index is 3.65. The molecule has 0 heterocycles. The van der Waals surface area contributed by atoms with Gasteiger partial charge in [0, 0.05) is 19.5 Å². The highest BCUT2D eigenvalue weighted by Crippen LogP contribution is 2.47. The number of rotatable bonds is 2. The second-order valence-corrected chi connectivity index (χ2v) is 8.39. The van der Waals surface area contributed by atoms with Crippen LogP contribution in [0.4, 0.5) is 5.69 Å². The Balaban J connectivity index is 2.32. The number of anilines is 1. The van der Waals surface area contributed by atoms with E-state index in [2.05, 4.69) is 85.0 Å². The van der Waals surface area contributed by atoms with Crippen LogP contribution in [0.25, 0.3) is 0 Å². The summed E-state index contributed by atoms with van der Waals surface area (Å²) in [6.07, 6.45) is 6.53. The van der Waals surface area contributed by atoms with Crippen molar-refractivity contribution >= 4 is 85.3 Å². The Morgan fingerprint density at radius 2 is 1.11 bits per heavy atom. The third kappa shape index (κ3) is 3.35. The van der Waals surface area contributed by atoms with Crippen LogP contribution in [-0.2, 0) is 0 Å². The quantitative estimate of drug-likeness (QED) is 0.292. The highest BCUT2D eigenvalue weighted by molar-refractivity contribution is 9.15. The summed E-state index contributed by atoms with van der Waals surface area (Å²) < 4.78 is 5.16. The lowest BCUT2D eigenvalue weighted by atomic mass is 9.95. The van der Waals surface area contributed by atoms with E-state index < -0.39 is 0 Å². The Morgan fingerprint density at radius 1 is 0.667 bits per heavy atom. The SMILES string of the molecule is Brc1c(Br)c(Br)c(NC2CCCCC2)c(Br)c1Br. The number of halogens is 5. The molecule has 18 heavy (non-hydrogen) atoms. The molecule has 1 aliphatic carbocycles. The van der Waals surface area contributed by atoms with E-state index in [1.807, 2.05) is 0 Å². The van der Waals surface area contributed by atoms with Gasteiger partial charge in [0.25, 0.3) is 0 Å². The van der Waals surface area contributed by atoms with Gasteiger partial charge in [0.2, 0.25) is 0 Å². The molecule has 0 aliphatic heterocycles. The zero-order valence-electron chi connectivity index (χ0n) is 9.50. The van der Waals surface area contributed by atoms with E-state index in [4.69, 9.17) is 0 Å². The Bertz CT molecular complexity index is 425. The lowest BCUT2D eigenvalue weighted by Gasteiger charge is -2.26. The predicted octanol–water partition coefficient (Wildman–Crippen LogP) is 7.24.